The SMILES string of the molecule is C=C(/C=C\C(=C/C)OCc1ccc(Cl)cc1)[C@H]1C[C@@H]1NCc1nnc(N)o1. The molecule has 1 saturated carbocycles. The molecule has 2 atom stereocenters. The topological polar surface area (TPSA) is 86.2 Å². The molecule has 3 rings (SSSR count). The van der Waals surface area contributed by atoms with Crippen molar-refractivity contribution in [1.29, 1.82) is 0 Å². The van der Waals surface area contributed by atoms with E-state index >= 15 is 0 Å². The van der Waals surface area contributed by atoms with E-state index in [0.29, 0.717) is 31.0 Å². The molecule has 0 radical (unpaired) electrons. The maximum Gasteiger partial charge on any atom is 0.312 e. The molecule has 0 spiro atoms. The van der Waals surface area contributed by atoms with Crippen molar-refractivity contribution in [3.63, 3.8) is 0 Å². The zero-order valence-electron chi connectivity index (χ0n) is 15.2. The molecule has 0 saturated heterocycles. The third-order valence-electron chi connectivity index (χ3n) is 4.33. The lowest BCUT2D eigenvalue weighted by atomic mass is 10.1. The summed E-state index contributed by atoms with van der Waals surface area (Å²) in [5.41, 5.74) is 7.54. The van der Waals surface area contributed by atoms with Crippen LogP contribution in [0.1, 0.15) is 24.8 Å². The molecule has 1 fully saturated rings. The summed E-state index contributed by atoms with van der Waals surface area (Å²) in [5.74, 6) is 1.69. The van der Waals surface area contributed by atoms with Gasteiger partial charge in [0.1, 0.15) is 12.4 Å². The van der Waals surface area contributed by atoms with Crippen molar-refractivity contribution in [2.75, 3.05) is 5.73 Å². The molecule has 142 valence electrons. The van der Waals surface area contributed by atoms with Crippen LogP contribution in [0.25, 0.3) is 0 Å². The molecule has 0 unspecified atom stereocenters. The Morgan fingerprint density at radius 3 is 2.81 bits per heavy atom. The Labute approximate surface area is 163 Å². The fourth-order valence-corrected chi connectivity index (χ4v) is 2.80. The normalized spacial score (nSPS) is 19.4. The summed E-state index contributed by atoms with van der Waals surface area (Å²) in [6.07, 6.45) is 6.92. The zero-order valence-corrected chi connectivity index (χ0v) is 15.9. The standard InChI is InChI=1S/C20H23ClN4O2/c1-3-16(26-12-14-5-7-15(21)8-6-14)9-4-13(2)17-10-18(17)23-11-19-24-25-20(22)27-19/h3-9,17-18,23H,2,10-12H2,1H3,(H2,22,25)/b9-4-,16-3+/t17-,18+/m1/s1. The van der Waals surface area contributed by atoms with Gasteiger partial charge in [-0.25, -0.2) is 0 Å². The summed E-state index contributed by atoms with van der Waals surface area (Å²) >= 11 is 5.90. The number of nitrogens with two attached hydrogens (primary N) is 1. The molecule has 1 aliphatic carbocycles. The molecule has 0 bridgehead atoms. The van der Waals surface area contributed by atoms with E-state index in [9.17, 15) is 0 Å². The Kier molecular flexibility index (Phi) is 6.32. The van der Waals surface area contributed by atoms with Gasteiger partial charge in [0, 0.05) is 17.0 Å². The third-order valence-corrected chi connectivity index (χ3v) is 4.58. The highest BCUT2D eigenvalue weighted by atomic mass is 35.5. The van der Waals surface area contributed by atoms with Crippen LogP contribution >= 0.6 is 11.6 Å². The van der Waals surface area contributed by atoms with Gasteiger partial charge in [-0.05, 0) is 43.2 Å². The van der Waals surface area contributed by atoms with Crippen LogP contribution in [0.2, 0.25) is 5.02 Å². The largest absolute Gasteiger partial charge is 0.489 e. The van der Waals surface area contributed by atoms with Crippen molar-refractivity contribution in [3.05, 3.63) is 76.9 Å². The van der Waals surface area contributed by atoms with Gasteiger partial charge < -0.3 is 20.2 Å². The summed E-state index contributed by atoms with van der Waals surface area (Å²) < 4.78 is 11.0. The highest BCUT2D eigenvalue weighted by Crippen LogP contribution is 2.37. The van der Waals surface area contributed by atoms with Gasteiger partial charge in [-0.2, -0.15) is 0 Å². The quantitative estimate of drug-likeness (QED) is 0.500. The summed E-state index contributed by atoms with van der Waals surface area (Å²) in [4.78, 5) is 0. The molecule has 2 aromatic rings. The number of rotatable bonds is 9. The number of aromatic nitrogens is 2. The number of ether oxygens (including phenoxy) is 1. The van der Waals surface area contributed by atoms with Crippen LogP contribution in [-0.4, -0.2) is 16.2 Å². The van der Waals surface area contributed by atoms with Crippen LogP contribution in [0.3, 0.4) is 0 Å². The Bertz CT molecular complexity index is 842. The van der Waals surface area contributed by atoms with Gasteiger partial charge in [-0.3, -0.25) is 0 Å². The van der Waals surface area contributed by atoms with Gasteiger partial charge in [-0.15, -0.1) is 5.10 Å². The van der Waals surface area contributed by atoms with Crippen molar-refractivity contribution in [3.8, 4) is 0 Å². The number of anilines is 1. The number of halogens is 1. The van der Waals surface area contributed by atoms with Crippen LogP contribution in [0.5, 0.6) is 0 Å². The first-order valence-corrected chi connectivity index (χ1v) is 9.14. The molecule has 0 aliphatic heterocycles. The van der Waals surface area contributed by atoms with Crippen LogP contribution in [0.15, 0.2) is 64.8 Å². The van der Waals surface area contributed by atoms with E-state index in [2.05, 4.69) is 22.1 Å². The number of hydrogen-bond acceptors (Lipinski definition) is 6. The number of benzene rings is 1. The Morgan fingerprint density at radius 1 is 1.37 bits per heavy atom. The molecule has 1 aromatic carbocycles. The summed E-state index contributed by atoms with van der Waals surface area (Å²) in [6.45, 7) is 7.11. The van der Waals surface area contributed by atoms with Gasteiger partial charge in [0.2, 0.25) is 5.89 Å². The van der Waals surface area contributed by atoms with Crippen molar-refractivity contribution in [2.45, 2.75) is 32.5 Å². The van der Waals surface area contributed by atoms with Crippen molar-refractivity contribution in [2.24, 2.45) is 5.92 Å². The van der Waals surface area contributed by atoms with Crippen molar-refractivity contribution < 1.29 is 9.15 Å². The van der Waals surface area contributed by atoms with E-state index in [1.807, 2.05) is 49.4 Å². The van der Waals surface area contributed by atoms with Crippen LogP contribution in [0.4, 0.5) is 6.01 Å². The number of nitrogens with one attached hydrogen (secondary N) is 1. The summed E-state index contributed by atoms with van der Waals surface area (Å²) in [7, 11) is 0. The van der Waals surface area contributed by atoms with Crippen LogP contribution in [0, 0.1) is 5.92 Å². The highest BCUT2D eigenvalue weighted by Gasteiger charge is 2.38. The fourth-order valence-electron chi connectivity index (χ4n) is 2.67. The van der Waals surface area contributed by atoms with E-state index in [1.54, 1.807) is 0 Å². The Morgan fingerprint density at radius 2 is 2.15 bits per heavy atom. The molecule has 0 amide bonds. The second-order valence-electron chi connectivity index (χ2n) is 6.38. The molecule has 7 heteroatoms. The Balaban J connectivity index is 1.42. The second-order valence-corrected chi connectivity index (χ2v) is 6.81. The van der Waals surface area contributed by atoms with E-state index in [1.165, 1.54) is 0 Å². The van der Waals surface area contributed by atoms with Gasteiger partial charge in [0.15, 0.2) is 0 Å². The van der Waals surface area contributed by atoms with Crippen molar-refractivity contribution in [1.82, 2.24) is 15.5 Å². The molecular weight excluding hydrogens is 364 g/mol. The third kappa shape index (κ3) is 5.70. The molecular formula is C20H23ClN4O2. The van der Waals surface area contributed by atoms with Gasteiger partial charge in [0.25, 0.3) is 0 Å². The summed E-state index contributed by atoms with van der Waals surface area (Å²) in [5, 5.41) is 11.6. The maximum absolute atomic E-state index is 5.90. The first-order valence-electron chi connectivity index (χ1n) is 8.77. The number of hydrogen-bond donors (Lipinski definition) is 2. The van der Waals surface area contributed by atoms with Gasteiger partial charge >= 0.3 is 6.01 Å². The average Bonchev–Trinajstić information content (AvgIpc) is 3.34. The lowest BCUT2D eigenvalue weighted by molar-refractivity contribution is 0.210. The first kappa shape index (κ1) is 19.2. The number of allylic oxidation sites excluding steroid dienone is 3. The lowest BCUT2D eigenvalue weighted by Crippen LogP contribution is -2.18. The number of nitrogen functional groups attached to an aromatic ring is 1. The van der Waals surface area contributed by atoms with E-state index in [4.69, 9.17) is 26.5 Å². The first-order chi connectivity index (χ1) is 13.0. The predicted octanol–water partition coefficient (Wildman–Crippen LogP) is 4.02. The molecule has 1 aliphatic rings. The van der Waals surface area contributed by atoms with Gasteiger partial charge in [0.05, 0.1) is 6.54 Å². The van der Waals surface area contributed by atoms with Crippen molar-refractivity contribution >= 4 is 17.6 Å². The lowest BCUT2D eigenvalue weighted by Gasteiger charge is -2.07. The minimum Gasteiger partial charge on any atom is -0.489 e. The minimum atomic E-state index is 0.0870. The average molecular weight is 387 g/mol. The summed E-state index contributed by atoms with van der Waals surface area (Å²) in [6, 6.07) is 8.07. The molecule has 6 nitrogen and oxygen atoms in total. The fraction of sp³-hybridized carbons (Fsp3) is 0.300. The smallest absolute Gasteiger partial charge is 0.312 e. The van der Waals surface area contributed by atoms with Gasteiger partial charge in [-0.1, -0.05) is 47.1 Å². The second kappa shape index (κ2) is 8.88. The van der Waals surface area contributed by atoms with Crippen LogP contribution < -0.4 is 11.1 Å². The van der Waals surface area contributed by atoms with E-state index in [-0.39, 0.29) is 6.01 Å². The minimum absolute atomic E-state index is 0.0870. The highest BCUT2D eigenvalue weighted by molar-refractivity contribution is 6.30. The molecule has 3 N–H and O–H groups in total. The zero-order chi connectivity index (χ0) is 19.2. The number of nitrogens with zero attached hydrogens (tertiary/aromatic N) is 2. The molecule has 1 heterocycles. The van der Waals surface area contributed by atoms with Crippen LogP contribution in [-0.2, 0) is 17.9 Å². The maximum atomic E-state index is 5.90. The van der Waals surface area contributed by atoms with E-state index < -0.39 is 0 Å². The monoisotopic (exact) mass is 386 g/mol. The molecule has 27 heavy (non-hydrogen) atoms. The Hall–Kier alpha value is -2.57. The predicted molar refractivity (Wildman–Crippen MR) is 106 cm³/mol. The molecule has 1 aromatic heterocycles. The van der Waals surface area contributed by atoms with E-state index in [0.717, 1.165) is 28.3 Å².